The number of ether oxygens (including phenoxy) is 1. The predicted octanol–water partition coefficient (Wildman–Crippen LogP) is 2.02. The van der Waals surface area contributed by atoms with E-state index in [0.29, 0.717) is 36.9 Å². The number of hydrogen-bond acceptors (Lipinski definition) is 11. The van der Waals surface area contributed by atoms with E-state index in [2.05, 4.69) is 35.3 Å². The molecule has 2 aromatic heterocycles. The van der Waals surface area contributed by atoms with Crippen LogP contribution < -0.4 is 20.1 Å². The van der Waals surface area contributed by atoms with Crippen LogP contribution in [0.25, 0.3) is 11.0 Å². The van der Waals surface area contributed by atoms with Gasteiger partial charge in [0.1, 0.15) is 40.9 Å². The molecule has 274 valence electrons. The van der Waals surface area contributed by atoms with Gasteiger partial charge in [-0.25, -0.2) is 27.8 Å². The molecule has 0 unspecified atom stereocenters. The highest BCUT2D eigenvalue weighted by molar-refractivity contribution is 7.91. The summed E-state index contributed by atoms with van der Waals surface area (Å²) in [5, 5.41) is 4.96. The number of fused-ring (bicyclic) bond motifs is 3. The molecule has 0 bridgehead atoms. The summed E-state index contributed by atoms with van der Waals surface area (Å²) in [5.74, 6) is -3.50. The van der Waals surface area contributed by atoms with Gasteiger partial charge < -0.3 is 20.3 Å². The van der Waals surface area contributed by atoms with E-state index < -0.39 is 74.4 Å². The largest absolute Gasteiger partial charge is 0.471 e. The lowest BCUT2D eigenvalue weighted by Gasteiger charge is -2.29. The van der Waals surface area contributed by atoms with Gasteiger partial charge in [0.2, 0.25) is 27.7 Å². The minimum atomic E-state index is -3.91. The number of halogens is 1. The first-order valence-electron chi connectivity index (χ1n) is 17.5. The molecule has 3 N–H and O–H groups in total. The van der Waals surface area contributed by atoms with Gasteiger partial charge in [-0.05, 0) is 57.6 Å². The highest BCUT2D eigenvalue weighted by atomic mass is 32.2. The molecule has 1 saturated heterocycles. The molecule has 3 fully saturated rings. The second kappa shape index (κ2) is 14.2. The number of rotatable bonds is 7. The summed E-state index contributed by atoms with van der Waals surface area (Å²) < 4.78 is 48.0. The molecule has 5 atom stereocenters. The Morgan fingerprint density at radius 1 is 1.08 bits per heavy atom. The number of benzene rings is 1. The molecule has 0 spiro atoms. The van der Waals surface area contributed by atoms with E-state index in [1.54, 1.807) is 6.92 Å². The quantitative estimate of drug-likeness (QED) is 0.300. The first kappa shape index (κ1) is 35.3. The number of aromatic nitrogens is 4. The van der Waals surface area contributed by atoms with Crippen LogP contribution in [0.1, 0.15) is 74.0 Å². The minimum absolute atomic E-state index is 0.0175. The first-order chi connectivity index (χ1) is 24.9. The van der Waals surface area contributed by atoms with Gasteiger partial charge in [0.15, 0.2) is 0 Å². The van der Waals surface area contributed by atoms with Gasteiger partial charge >= 0.3 is 0 Å². The van der Waals surface area contributed by atoms with Crippen LogP contribution in [0.5, 0.6) is 5.88 Å². The number of allylic oxidation sites excluding steroid dienone is 1. The van der Waals surface area contributed by atoms with Crippen LogP contribution in [-0.4, -0.2) is 92.4 Å². The normalized spacial score (nSPS) is 26.7. The molecule has 15 nitrogen and oxygen atoms in total. The molecule has 3 aromatic rings. The van der Waals surface area contributed by atoms with Crippen molar-refractivity contribution in [1.82, 2.24) is 40.2 Å². The van der Waals surface area contributed by atoms with Crippen LogP contribution >= 0.6 is 0 Å². The molecular weight excluding hydrogens is 695 g/mol. The second-order valence-corrected chi connectivity index (χ2v) is 15.8. The summed E-state index contributed by atoms with van der Waals surface area (Å²) in [6, 6.07) is 1.80. The number of nitrogens with zero attached hydrogens (tertiary/aromatic N) is 5. The Balaban J connectivity index is 1.19. The molecule has 52 heavy (non-hydrogen) atoms. The summed E-state index contributed by atoms with van der Waals surface area (Å²) in [4.78, 5) is 73.8. The molecule has 17 heteroatoms. The van der Waals surface area contributed by atoms with Crippen LogP contribution in [0.2, 0.25) is 0 Å². The van der Waals surface area contributed by atoms with Crippen molar-refractivity contribution >= 4 is 44.7 Å². The van der Waals surface area contributed by atoms with Crippen LogP contribution in [0.15, 0.2) is 48.9 Å². The number of aryl methyl sites for hydroxylation is 1. The minimum Gasteiger partial charge on any atom is -0.471 e. The van der Waals surface area contributed by atoms with Gasteiger partial charge in [0.25, 0.3) is 11.8 Å². The van der Waals surface area contributed by atoms with Crippen molar-refractivity contribution < 1.29 is 36.7 Å². The third-order valence-corrected chi connectivity index (χ3v) is 11.8. The van der Waals surface area contributed by atoms with Crippen LogP contribution in [-0.2, 0) is 24.4 Å². The topological polar surface area (TPSA) is 203 Å². The van der Waals surface area contributed by atoms with Crippen LogP contribution in [0.4, 0.5) is 4.39 Å². The average Bonchev–Trinajstić information content (AvgIpc) is 4.04. The SMILES string of the molecule is Cc1nc2ccc(F)cc2nc1O[C@@H]1C[C@H]2C(=O)N[C@]3(C(=O)NS(=O)(=O)C4CC4)C[C@H]3C=CCCCCC[C@H](NC(=O)c3cnccn3)C(=O)N2C1. The Hall–Kier alpha value is -5.06. The van der Waals surface area contributed by atoms with Crippen molar-refractivity contribution in [3.8, 4) is 5.88 Å². The summed E-state index contributed by atoms with van der Waals surface area (Å²) in [7, 11) is -3.91. The van der Waals surface area contributed by atoms with E-state index in [1.165, 1.54) is 41.7 Å². The van der Waals surface area contributed by atoms with Crippen molar-refractivity contribution in [2.24, 2.45) is 5.92 Å². The fourth-order valence-electron chi connectivity index (χ4n) is 6.86. The molecule has 7 rings (SSSR count). The van der Waals surface area contributed by atoms with E-state index in [0.717, 1.165) is 12.8 Å². The van der Waals surface area contributed by atoms with Gasteiger partial charge in [0, 0.05) is 30.8 Å². The van der Waals surface area contributed by atoms with Crippen molar-refractivity contribution in [1.29, 1.82) is 0 Å². The lowest BCUT2D eigenvalue weighted by atomic mass is 10.0. The smallest absolute Gasteiger partial charge is 0.272 e. The van der Waals surface area contributed by atoms with E-state index in [1.807, 2.05) is 12.2 Å². The third kappa shape index (κ3) is 7.45. The van der Waals surface area contributed by atoms with Gasteiger partial charge in [-0.3, -0.25) is 28.9 Å². The van der Waals surface area contributed by atoms with Crippen molar-refractivity contribution in [3.05, 3.63) is 66.1 Å². The van der Waals surface area contributed by atoms with Crippen LogP contribution in [0, 0.1) is 18.7 Å². The van der Waals surface area contributed by atoms with Gasteiger partial charge in [-0.1, -0.05) is 25.0 Å². The first-order valence-corrected chi connectivity index (χ1v) is 19.0. The Kier molecular flexibility index (Phi) is 9.63. The Labute approximate surface area is 299 Å². The number of nitrogens with one attached hydrogen (secondary N) is 3. The molecule has 4 amide bonds. The number of hydrogen-bond donors (Lipinski definition) is 3. The summed E-state index contributed by atoms with van der Waals surface area (Å²) in [6.45, 7) is 1.59. The lowest BCUT2D eigenvalue weighted by molar-refractivity contribution is -0.141. The molecule has 1 aromatic carbocycles. The monoisotopic (exact) mass is 734 g/mol. The lowest BCUT2D eigenvalue weighted by Crippen LogP contribution is -2.58. The van der Waals surface area contributed by atoms with E-state index in [9.17, 15) is 32.0 Å². The Morgan fingerprint density at radius 3 is 2.67 bits per heavy atom. The Morgan fingerprint density at radius 2 is 1.90 bits per heavy atom. The van der Waals surface area contributed by atoms with E-state index in [-0.39, 0.29) is 42.9 Å². The average molecular weight is 735 g/mol. The summed E-state index contributed by atoms with van der Waals surface area (Å²) in [5.41, 5.74) is -0.386. The molecule has 4 heterocycles. The van der Waals surface area contributed by atoms with Crippen molar-refractivity contribution in [3.63, 3.8) is 0 Å². The third-order valence-electron chi connectivity index (χ3n) is 9.98. The molecule has 2 aliphatic heterocycles. The second-order valence-electron chi connectivity index (χ2n) is 13.9. The highest BCUT2D eigenvalue weighted by Crippen LogP contribution is 2.46. The molecule has 0 radical (unpaired) electrons. The fraction of sp³-hybridized carbons (Fsp3) is 0.486. The van der Waals surface area contributed by atoms with Gasteiger partial charge in [-0.2, -0.15) is 0 Å². The Bertz CT molecular complexity index is 2050. The molecule has 4 aliphatic rings. The number of carbonyl (C=O) groups excluding carboxylic acids is 4. The predicted molar refractivity (Wildman–Crippen MR) is 183 cm³/mol. The fourth-order valence-corrected chi connectivity index (χ4v) is 8.23. The maximum atomic E-state index is 14.4. The number of sulfonamides is 1. The van der Waals surface area contributed by atoms with Crippen molar-refractivity contribution in [2.75, 3.05) is 6.54 Å². The number of amides is 4. The zero-order valence-corrected chi connectivity index (χ0v) is 29.3. The standard InChI is InChI=1S/C35H39FN8O7S/c1-20-32(41-27-15-22(36)9-12-25(27)39-20)51-23-16-29-31(46)42-35(34(48)43-52(49,50)24-10-11-24)17-21(35)7-5-3-2-4-6-8-26(33(47)44(29)19-23)40-30(45)28-18-37-13-14-38-28/h5,7,9,12-15,18,21,23-24,26,29H,2-4,6,8,10-11,16-17,19H2,1H3,(H,40,45)(H,42,46)(H,43,48)/t21-,23-,26+,29+,35-/m1/s1. The van der Waals surface area contributed by atoms with E-state index >= 15 is 0 Å². The summed E-state index contributed by atoms with van der Waals surface area (Å²) in [6.07, 6.45) is 11.1. The maximum absolute atomic E-state index is 14.4. The van der Waals surface area contributed by atoms with Gasteiger partial charge in [0.05, 0.1) is 29.0 Å². The molecule has 2 saturated carbocycles. The van der Waals surface area contributed by atoms with Gasteiger partial charge in [-0.15, -0.1) is 0 Å². The summed E-state index contributed by atoms with van der Waals surface area (Å²) >= 11 is 0. The van der Waals surface area contributed by atoms with Crippen molar-refractivity contribution in [2.45, 2.75) is 93.7 Å². The molecule has 2 aliphatic carbocycles. The number of carbonyl (C=O) groups is 4. The zero-order chi connectivity index (χ0) is 36.6. The highest BCUT2D eigenvalue weighted by Gasteiger charge is 2.62. The maximum Gasteiger partial charge on any atom is 0.272 e. The molecular formula is C35H39FN8O7S. The van der Waals surface area contributed by atoms with E-state index in [4.69, 9.17) is 4.74 Å². The zero-order valence-electron chi connectivity index (χ0n) is 28.5. The van der Waals surface area contributed by atoms with Crippen LogP contribution in [0.3, 0.4) is 0 Å².